The van der Waals surface area contributed by atoms with E-state index < -0.39 is 0 Å². The highest BCUT2D eigenvalue weighted by Gasteiger charge is 2.25. The molecule has 3 fully saturated rings. The van der Waals surface area contributed by atoms with Crippen LogP contribution in [0.4, 0.5) is 0 Å². The third kappa shape index (κ3) is 6.47. The number of benzene rings is 2. The first-order valence-electron chi connectivity index (χ1n) is 11.4. The Balaban J connectivity index is 0.00000119. The van der Waals surface area contributed by atoms with Gasteiger partial charge in [0, 0.05) is 0 Å². The van der Waals surface area contributed by atoms with Gasteiger partial charge in [-0.3, -0.25) is 0 Å². The van der Waals surface area contributed by atoms with Crippen molar-refractivity contribution < 1.29 is 28.5 Å². The Labute approximate surface area is 189 Å². The largest absolute Gasteiger partial charge is 0.491 e. The van der Waals surface area contributed by atoms with Crippen molar-refractivity contribution >= 4 is 6.79 Å². The summed E-state index contributed by atoms with van der Waals surface area (Å²) in [5.41, 5.74) is 2.51. The molecule has 0 aromatic heterocycles. The van der Waals surface area contributed by atoms with Crippen LogP contribution in [0.1, 0.15) is 42.7 Å². The van der Waals surface area contributed by atoms with Crippen LogP contribution in [0.15, 0.2) is 42.5 Å². The van der Waals surface area contributed by atoms with Crippen LogP contribution in [0.3, 0.4) is 0 Å². The Morgan fingerprint density at radius 2 is 1.44 bits per heavy atom. The lowest BCUT2D eigenvalue weighted by molar-refractivity contribution is -0.0979. The number of rotatable bonds is 9. The summed E-state index contributed by atoms with van der Waals surface area (Å²) in [6.07, 6.45) is 5.33. The minimum Gasteiger partial charge on any atom is -0.491 e. The zero-order chi connectivity index (χ0) is 22.3. The van der Waals surface area contributed by atoms with Gasteiger partial charge >= 0.3 is 0 Å². The Hall–Kier alpha value is -2.57. The molecule has 2 saturated heterocycles. The Bertz CT molecular complexity index is 851. The van der Waals surface area contributed by atoms with E-state index in [0.29, 0.717) is 25.2 Å². The lowest BCUT2D eigenvalue weighted by Gasteiger charge is -2.29. The molecule has 2 atom stereocenters. The zero-order valence-electron chi connectivity index (χ0n) is 18.7. The fourth-order valence-corrected chi connectivity index (χ4v) is 4.10. The van der Waals surface area contributed by atoms with E-state index in [-0.39, 0.29) is 12.2 Å². The Kier molecular flexibility index (Phi) is 7.66. The fraction of sp³-hybridized carbons (Fsp3) is 0.500. The van der Waals surface area contributed by atoms with Gasteiger partial charge < -0.3 is 28.5 Å². The highest BCUT2D eigenvalue weighted by Crippen LogP contribution is 2.36. The van der Waals surface area contributed by atoms with Gasteiger partial charge in [0.05, 0.1) is 19.3 Å². The molecule has 5 rings (SSSR count). The molecule has 2 unspecified atom stereocenters. The molecule has 2 aliphatic heterocycles. The highest BCUT2D eigenvalue weighted by molar-refractivity contribution is 5.39. The van der Waals surface area contributed by atoms with Crippen LogP contribution < -0.4 is 14.2 Å². The lowest BCUT2D eigenvalue weighted by Crippen LogP contribution is -2.23. The second-order valence-corrected chi connectivity index (χ2v) is 8.62. The van der Waals surface area contributed by atoms with Crippen LogP contribution >= 0.6 is 0 Å². The molecule has 2 aromatic carbocycles. The number of hydrogen-bond donors (Lipinski definition) is 0. The molecule has 0 bridgehead atoms. The van der Waals surface area contributed by atoms with Crippen LogP contribution in [-0.4, -0.2) is 51.5 Å². The molecule has 6 heteroatoms. The van der Waals surface area contributed by atoms with Crippen LogP contribution in [0.5, 0.6) is 17.2 Å². The monoisotopic (exact) mass is 440 g/mol. The number of carbonyl (C=O) groups is 1. The van der Waals surface area contributed by atoms with Gasteiger partial charge in [-0.1, -0.05) is 12.1 Å². The smallest absolute Gasteiger partial charge is 0.122 e. The van der Waals surface area contributed by atoms with Gasteiger partial charge in [0.1, 0.15) is 49.5 Å². The number of ether oxygens (including phenoxy) is 5. The van der Waals surface area contributed by atoms with E-state index in [9.17, 15) is 0 Å². The highest BCUT2D eigenvalue weighted by atomic mass is 16.6. The standard InChI is InChI=1S/C25H30O5.CH2O/c1-17-12-22(10-11-25(17)29-16-24-15-28-24)30-21-8-4-19(5-9-21)18-2-6-20(7-3-18)26-13-23-14-27-23;1-2/h2-3,6-7,10-12,19,21,23-24H,4-5,8-9,13-16H2,1H3;1H2. The molecule has 0 spiro atoms. The summed E-state index contributed by atoms with van der Waals surface area (Å²) < 4.78 is 28.2. The van der Waals surface area contributed by atoms with Gasteiger partial charge in [-0.05, 0) is 80.0 Å². The van der Waals surface area contributed by atoms with Gasteiger partial charge in [-0.25, -0.2) is 0 Å². The quantitative estimate of drug-likeness (QED) is 0.536. The second kappa shape index (κ2) is 10.8. The molecule has 2 heterocycles. The first-order chi connectivity index (χ1) is 15.7. The normalized spacial score (nSPS) is 25.8. The predicted octanol–water partition coefficient (Wildman–Crippen LogP) is 4.47. The summed E-state index contributed by atoms with van der Waals surface area (Å²) >= 11 is 0. The molecule has 1 aliphatic carbocycles. The molecule has 1 saturated carbocycles. The molecule has 32 heavy (non-hydrogen) atoms. The number of epoxide rings is 2. The summed E-state index contributed by atoms with van der Waals surface area (Å²) in [6, 6.07) is 14.7. The third-order valence-corrected chi connectivity index (χ3v) is 6.14. The van der Waals surface area contributed by atoms with E-state index in [1.165, 1.54) is 5.56 Å². The third-order valence-electron chi connectivity index (χ3n) is 6.14. The van der Waals surface area contributed by atoms with E-state index in [0.717, 1.165) is 61.7 Å². The van der Waals surface area contributed by atoms with E-state index in [1.807, 2.05) is 18.9 Å². The topological polar surface area (TPSA) is 69.8 Å². The maximum absolute atomic E-state index is 8.00. The fourth-order valence-electron chi connectivity index (χ4n) is 4.10. The molecule has 172 valence electrons. The summed E-state index contributed by atoms with van der Waals surface area (Å²) in [4.78, 5) is 8.00. The van der Waals surface area contributed by atoms with Gasteiger partial charge in [-0.15, -0.1) is 0 Å². The lowest BCUT2D eigenvalue weighted by atomic mass is 9.83. The van der Waals surface area contributed by atoms with Crippen molar-refractivity contribution in [3.63, 3.8) is 0 Å². The maximum Gasteiger partial charge on any atom is 0.122 e. The summed E-state index contributed by atoms with van der Waals surface area (Å²) in [5.74, 6) is 3.39. The average molecular weight is 441 g/mol. The van der Waals surface area contributed by atoms with Crippen molar-refractivity contribution in [3.8, 4) is 17.2 Å². The van der Waals surface area contributed by atoms with E-state index in [2.05, 4.69) is 37.3 Å². The number of hydrogen-bond acceptors (Lipinski definition) is 6. The summed E-state index contributed by atoms with van der Waals surface area (Å²) in [7, 11) is 0. The molecular formula is C26H32O6. The van der Waals surface area contributed by atoms with Gasteiger partial charge in [0.25, 0.3) is 0 Å². The molecular weight excluding hydrogens is 408 g/mol. The van der Waals surface area contributed by atoms with Crippen molar-refractivity contribution in [1.29, 1.82) is 0 Å². The van der Waals surface area contributed by atoms with Crippen LogP contribution in [0.25, 0.3) is 0 Å². The molecule has 0 N–H and O–H groups in total. The molecule has 0 radical (unpaired) electrons. The minimum absolute atomic E-state index is 0.275. The Morgan fingerprint density at radius 1 is 0.844 bits per heavy atom. The van der Waals surface area contributed by atoms with Crippen LogP contribution in [-0.2, 0) is 14.3 Å². The van der Waals surface area contributed by atoms with Crippen LogP contribution in [0, 0.1) is 6.92 Å². The zero-order valence-corrected chi connectivity index (χ0v) is 18.7. The minimum atomic E-state index is 0.275. The SMILES string of the molecule is C=O.Cc1cc(OC2CCC(c3ccc(OCC4CO4)cc3)CC2)ccc1OCC1CO1. The van der Waals surface area contributed by atoms with Crippen molar-refractivity contribution in [2.45, 2.75) is 56.8 Å². The van der Waals surface area contributed by atoms with Gasteiger partial charge in [-0.2, -0.15) is 0 Å². The predicted molar refractivity (Wildman–Crippen MR) is 121 cm³/mol. The summed E-state index contributed by atoms with van der Waals surface area (Å²) in [5, 5.41) is 0. The van der Waals surface area contributed by atoms with Gasteiger partial charge in [0.15, 0.2) is 0 Å². The molecule has 6 nitrogen and oxygen atoms in total. The van der Waals surface area contributed by atoms with Crippen molar-refractivity contribution in [2.75, 3.05) is 26.4 Å². The van der Waals surface area contributed by atoms with Crippen molar-refractivity contribution in [3.05, 3.63) is 53.6 Å². The van der Waals surface area contributed by atoms with E-state index in [4.69, 9.17) is 28.5 Å². The summed E-state index contributed by atoms with van der Waals surface area (Å²) in [6.45, 7) is 7.00. The van der Waals surface area contributed by atoms with Crippen molar-refractivity contribution in [1.82, 2.24) is 0 Å². The number of aryl methyl sites for hydroxylation is 1. The molecule has 0 amide bonds. The maximum atomic E-state index is 8.00. The molecule has 3 aliphatic rings. The van der Waals surface area contributed by atoms with E-state index >= 15 is 0 Å². The Morgan fingerprint density at radius 3 is 2.03 bits per heavy atom. The first kappa shape index (κ1) is 22.6. The van der Waals surface area contributed by atoms with E-state index in [1.54, 1.807) is 0 Å². The average Bonchev–Trinajstić information content (AvgIpc) is 3.75. The van der Waals surface area contributed by atoms with Crippen LogP contribution in [0.2, 0.25) is 0 Å². The van der Waals surface area contributed by atoms with Gasteiger partial charge in [0.2, 0.25) is 0 Å². The second-order valence-electron chi connectivity index (χ2n) is 8.62. The van der Waals surface area contributed by atoms with Crippen molar-refractivity contribution in [2.24, 2.45) is 0 Å². The number of carbonyl (C=O) groups excluding carboxylic acids is 1. The first-order valence-corrected chi connectivity index (χ1v) is 11.4. The molecule has 2 aromatic rings.